The number of carbonyl (C=O) groups is 1. The normalized spacial score (nSPS) is 16.1. The Kier molecular flexibility index (Phi) is 4.63. The first-order valence-electron chi connectivity index (χ1n) is 9.43. The average molecular weight is 368 g/mol. The van der Waals surface area contributed by atoms with Gasteiger partial charge in [-0.15, -0.1) is 0 Å². The summed E-state index contributed by atoms with van der Waals surface area (Å²) in [6.45, 7) is 6.09. The number of fused-ring (bicyclic) bond motifs is 1. The van der Waals surface area contributed by atoms with Crippen LogP contribution in [0.25, 0.3) is 0 Å². The molecule has 0 saturated heterocycles. The van der Waals surface area contributed by atoms with Crippen LogP contribution in [0.3, 0.4) is 0 Å². The minimum Gasteiger partial charge on any atom is -0.368 e. The molecule has 0 aromatic carbocycles. The SMILES string of the molecule is Cc1cc(C)n(CCNc2ncnc3c2CCN(C(=O)C2CC2)C3)c(=O)n1. The van der Waals surface area contributed by atoms with E-state index in [1.807, 2.05) is 24.8 Å². The molecule has 2 aliphatic rings. The Balaban J connectivity index is 1.43. The number of rotatable bonds is 5. The molecule has 2 aromatic heterocycles. The number of amides is 1. The van der Waals surface area contributed by atoms with Crippen molar-refractivity contribution in [3.8, 4) is 0 Å². The van der Waals surface area contributed by atoms with Gasteiger partial charge in [-0.25, -0.2) is 14.8 Å². The number of hydrogen-bond donors (Lipinski definition) is 1. The number of carbonyl (C=O) groups excluding carboxylic acids is 1. The number of hydrogen-bond acceptors (Lipinski definition) is 6. The van der Waals surface area contributed by atoms with Crippen LogP contribution in [0.4, 0.5) is 5.82 Å². The summed E-state index contributed by atoms with van der Waals surface area (Å²) in [5, 5.41) is 3.33. The van der Waals surface area contributed by atoms with Gasteiger partial charge in [0, 0.05) is 42.5 Å². The van der Waals surface area contributed by atoms with Gasteiger partial charge in [0.15, 0.2) is 0 Å². The fraction of sp³-hybridized carbons (Fsp3) is 0.526. The van der Waals surface area contributed by atoms with E-state index < -0.39 is 0 Å². The quantitative estimate of drug-likeness (QED) is 0.848. The van der Waals surface area contributed by atoms with Crippen LogP contribution in [0, 0.1) is 19.8 Å². The van der Waals surface area contributed by atoms with Gasteiger partial charge < -0.3 is 10.2 Å². The molecule has 1 amide bonds. The van der Waals surface area contributed by atoms with Gasteiger partial charge in [-0.3, -0.25) is 9.36 Å². The molecule has 0 atom stereocenters. The maximum atomic E-state index is 12.3. The van der Waals surface area contributed by atoms with Crippen molar-refractivity contribution in [3.63, 3.8) is 0 Å². The second kappa shape index (κ2) is 7.09. The molecule has 0 radical (unpaired) electrons. The third-order valence-electron chi connectivity index (χ3n) is 5.22. The van der Waals surface area contributed by atoms with Gasteiger partial charge in [0.05, 0.1) is 12.2 Å². The molecule has 1 fully saturated rings. The number of anilines is 1. The van der Waals surface area contributed by atoms with Crippen LogP contribution in [0.1, 0.15) is 35.5 Å². The van der Waals surface area contributed by atoms with Gasteiger partial charge in [0.2, 0.25) is 5.91 Å². The molecule has 142 valence electrons. The minimum atomic E-state index is -0.228. The lowest BCUT2D eigenvalue weighted by molar-refractivity contribution is -0.133. The van der Waals surface area contributed by atoms with Crippen molar-refractivity contribution in [3.05, 3.63) is 45.5 Å². The van der Waals surface area contributed by atoms with Crippen LogP contribution in [-0.4, -0.2) is 43.4 Å². The van der Waals surface area contributed by atoms with Gasteiger partial charge in [-0.1, -0.05) is 0 Å². The molecular weight excluding hydrogens is 344 g/mol. The van der Waals surface area contributed by atoms with Crippen molar-refractivity contribution >= 4 is 11.7 Å². The van der Waals surface area contributed by atoms with Crippen molar-refractivity contribution in [1.29, 1.82) is 0 Å². The molecule has 8 heteroatoms. The summed E-state index contributed by atoms with van der Waals surface area (Å²) in [5.74, 6) is 1.29. The Morgan fingerprint density at radius 2 is 2.11 bits per heavy atom. The maximum Gasteiger partial charge on any atom is 0.348 e. The van der Waals surface area contributed by atoms with E-state index in [-0.39, 0.29) is 17.5 Å². The summed E-state index contributed by atoms with van der Waals surface area (Å²) in [4.78, 5) is 39.0. The number of aromatic nitrogens is 4. The first-order valence-corrected chi connectivity index (χ1v) is 9.43. The average Bonchev–Trinajstić information content (AvgIpc) is 3.48. The highest BCUT2D eigenvalue weighted by molar-refractivity contribution is 5.81. The molecule has 2 aromatic rings. The van der Waals surface area contributed by atoms with Crippen LogP contribution in [0.15, 0.2) is 17.2 Å². The fourth-order valence-electron chi connectivity index (χ4n) is 3.62. The first kappa shape index (κ1) is 17.6. The molecule has 0 bridgehead atoms. The van der Waals surface area contributed by atoms with E-state index in [0.29, 0.717) is 26.2 Å². The molecule has 8 nitrogen and oxygen atoms in total. The van der Waals surface area contributed by atoms with Crippen molar-refractivity contribution in [1.82, 2.24) is 24.4 Å². The van der Waals surface area contributed by atoms with E-state index in [0.717, 1.165) is 47.7 Å². The maximum absolute atomic E-state index is 12.3. The molecule has 1 N–H and O–H groups in total. The van der Waals surface area contributed by atoms with Crippen molar-refractivity contribution in [2.75, 3.05) is 18.4 Å². The second-order valence-electron chi connectivity index (χ2n) is 7.33. The highest BCUT2D eigenvalue weighted by Crippen LogP contribution is 2.33. The molecule has 1 saturated carbocycles. The molecule has 4 rings (SSSR count). The lowest BCUT2D eigenvalue weighted by Gasteiger charge is -2.29. The molecule has 1 aliphatic heterocycles. The Morgan fingerprint density at radius 3 is 2.85 bits per heavy atom. The van der Waals surface area contributed by atoms with E-state index in [1.54, 1.807) is 4.57 Å². The Labute approximate surface area is 157 Å². The fourth-order valence-corrected chi connectivity index (χ4v) is 3.62. The summed E-state index contributed by atoms with van der Waals surface area (Å²) >= 11 is 0. The highest BCUT2D eigenvalue weighted by atomic mass is 16.2. The standard InChI is InChI=1S/C19H24N6O2/c1-12-9-13(2)25(19(27)23-12)8-6-20-17-15-5-7-24(18(26)14-3-4-14)10-16(15)21-11-22-17/h9,11,14H,3-8,10H2,1-2H3,(H,20,21,22). The van der Waals surface area contributed by atoms with Crippen LogP contribution in [0.2, 0.25) is 0 Å². The minimum absolute atomic E-state index is 0.228. The largest absolute Gasteiger partial charge is 0.368 e. The predicted octanol–water partition coefficient (Wildman–Crippen LogP) is 1.06. The third kappa shape index (κ3) is 3.70. The van der Waals surface area contributed by atoms with E-state index in [2.05, 4.69) is 20.3 Å². The Hall–Kier alpha value is -2.77. The van der Waals surface area contributed by atoms with Gasteiger partial charge in [0.1, 0.15) is 12.1 Å². The summed E-state index contributed by atoms with van der Waals surface area (Å²) in [7, 11) is 0. The summed E-state index contributed by atoms with van der Waals surface area (Å²) < 4.78 is 1.66. The number of nitrogens with one attached hydrogen (secondary N) is 1. The molecule has 0 unspecified atom stereocenters. The van der Waals surface area contributed by atoms with Crippen LogP contribution >= 0.6 is 0 Å². The molecule has 0 spiro atoms. The van der Waals surface area contributed by atoms with Gasteiger partial charge in [-0.2, -0.15) is 4.98 Å². The first-order chi connectivity index (χ1) is 13.0. The van der Waals surface area contributed by atoms with E-state index in [4.69, 9.17) is 0 Å². The molecule has 1 aliphatic carbocycles. The number of nitrogens with zero attached hydrogens (tertiary/aromatic N) is 5. The third-order valence-corrected chi connectivity index (χ3v) is 5.22. The van der Waals surface area contributed by atoms with E-state index in [9.17, 15) is 9.59 Å². The zero-order valence-corrected chi connectivity index (χ0v) is 15.7. The zero-order chi connectivity index (χ0) is 19.0. The Bertz CT molecular complexity index is 934. The molecule has 27 heavy (non-hydrogen) atoms. The summed E-state index contributed by atoms with van der Waals surface area (Å²) in [5.41, 5.74) is 3.39. The Morgan fingerprint density at radius 1 is 1.30 bits per heavy atom. The predicted molar refractivity (Wildman–Crippen MR) is 100 cm³/mol. The number of aryl methyl sites for hydroxylation is 2. The van der Waals surface area contributed by atoms with Crippen molar-refractivity contribution in [2.45, 2.75) is 46.2 Å². The van der Waals surface area contributed by atoms with Gasteiger partial charge >= 0.3 is 5.69 Å². The van der Waals surface area contributed by atoms with Crippen LogP contribution < -0.4 is 11.0 Å². The lowest BCUT2D eigenvalue weighted by Crippen LogP contribution is -2.38. The monoisotopic (exact) mass is 368 g/mol. The smallest absolute Gasteiger partial charge is 0.348 e. The summed E-state index contributed by atoms with van der Waals surface area (Å²) in [6.07, 6.45) is 4.33. The van der Waals surface area contributed by atoms with Crippen LogP contribution in [0.5, 0.6) is 0 Å². The van der Waals surface area contributed by atoms with Gasteiger partial charge in [-0.05, 0) is 39.2 Å². The molecular formula is C19H24N6O2. The van der Waals surface area contributed by atoms with Crippen LogP contribution in [-0.2, 0) is 24.3 Å². The van der Waals surface area contributed by atoms with E-state index >= 15 is 0 Å². The lowest BCUT2D eigenvalue weighted by atomic mass is 10.0. The summed E-state index contributed by atoms with van der Waals surface area (Å²) in [6, 6.07) is 1.90. The van der Waals surface area contributed by atoms with Crippen molar-refractivity contribution < 1.29 is 4.79 Å². The van der Waals surface area contributed by atoms with Crippen molar-refractivity contribution in [2.24, 2.45) is 5.92 Å². The topological polar surface area (TPSA) is 93.0 Å². The van der Waals surface area contributed by atoms with Gasteiger partial charge in [0.25, 0.3) is 0 Å². The zero-order valence-electron chi connectivity index (χ0n) is 15.7. The highest BCUT2D eigenvalue weighted by Gasteiger charge is 2.35. The molecule has 3 heterocycles. The van der Waals surface area contributed by atoms with E-state index in [1.165, 1.54) is 6.33 Å². The second-order valence-corrected chi connectivity index (χ2v) is 7.33.